The molecule has 4 heterocycles. The van der Waals surface area contributed by atoms with E-state index in [1.54, 1.807) is 4.90 Å². The third kappa shape index (κ3) is 3.66. The van der Waals surface area contributed by atoms with Crippen molar-refractivity contribution in [1.29, 1.82) is 0 Å². The third-order valence-electron chi connectivity index (χ3n) is 7.65. The fourth-order valence-corrected chi connectivity index (χ4v) is 5.92. The molecule has 8 heteroatoms. The van der Waals surface area contributed by atoms with E-state index in [4.69, 9.17) is 10.5 Å². The molecule has 3 saturated heterocycles. The maximum absolute atomic E-state index is 12.9. The lowest BCUT2D eigenvalue weighted by molar-refractivity contribution is -0.136. The smallest absolute Gasteiger partial charge is 0.255 e. The maximum Gasteiger partial charge on any atom is 0.255 e. The zero-order valence-electron chi connectivity index (χ0n) is 17.8. The summed E-state index contributed by atoms with van der Waals surface area (Å²) in [4.78, 5) is 40.7. The number of hydrogen-bond acceptors (Lipinski definition) is 6. The summed E-state index contributed by atoms with van der Waals surface area (Å²) < 4.78 is 5.59. The van der Waals surface area contributed by atoms with Crippen LogP contribution in [0.4, 0.5) is 0 Å². The van der Waals surface area contributed by atoms with E-state index < -0.39 is 6.04 Å². The van der Waals surface area contributed by atoms with Gasteiger partial charge in [-0.05, 0) is 54.3 Å². The van der Waals surface area contributed by atoms with Gasteiger partial charge in [0, 0.05) is 51.4 Å². The first kappa shape index (κ1) is 20.6. The Bertz CT molecular complexity index is 911. The fraction of sp³-hybridized carbons (Fsp3) is 0.609. The van der Waals surface area contributed by atoms with Crippen LogP contribution in [0.25, 0.3) is 0 Å². The zero-order valence-corrected chi connectivity index (χ0v) is 17.8. The number of imide groups is 1. The molecule has 3 N–H and O–H groups in total. The molecule has 8 nitrogen and oxygen atoms in total. The van der Waals surface area contributed by atoms with Crippen molar-refractivity contribution in [3.63, 3.8) is 0 Å². The molecule has 2 unspecified atom stereocenters. The minimum absolute atomic E-state index is 0.124. The number of carbonyl (C=O) groups excluding carboxylic acids is 3. The molecule has 4 aliphatic rings. The van der Waals surface area contributed by atoms with E-state index in [1.807, 2.05) is 12.1 Å². The van der Waals surface area contributed by atoms with Gasteiger partial charge >= 0.3 is 0 Å². The average molecular weight is 427 g/mol. The van der Waals surface area contributed by atoms with E-state index in [-0.39, 0.29) is 29.6 Å². The van der Waals surface area contributed by atoms with Gasteiger partial charge in [0.15, 0.2) is 0 Å². The van der Waals surface area contributed by atoms with Crippen molar-refractivity contribution in [1.82, 2.24) is 15.1 Å². The molecule has 0 radical (unpaired) electrons. The van der Waals surface area contributed by atoms with Crippen molar-refractivity contribution in [3.05, 3.63) is 34.9 Å². The van der Waals surface area contributed by atoms with Gasteiger partial charge in [0.05, 0.1) is 0 Å². The molecule has 3 amide bonds. The second-order valence-corrected chi connectivity index (χ2v) is 9.47. The summed E-state index contributed by atoms with van der Waals surface area (Å²) in [6.45, 7) is 5.63. The lowest BCUT2D eigenvalue weighted by Gasteiger charge is -2.37. The summed E-state index contributed by atoms with van der Waals surface area (Å²) in [6.07, 6.45) is 2.80. The number of likely N-dealkylation sites (tertiary alicyclic amines) is 1. The molecule has 0 bridgehead atoms. The zero-order chi connectivity index (χ0) is 21.6. The van der Waals surface area contributed by atoms with Gasteiger partial charge in [-0.3, -0.25) is 24.6 Å². The van der Waals surface area contributed by atoms with Gasteiger partial charge in [-0.1, -0.05) is 12.1 Å². The van der Waals surface area contributed by atoms with Crippen molar-refractivity contribution in [2.45, 2.75) is 44.8 Å². The van der Waals surface area contributed by atoms with Crippen LogP contribution in [0.3, 0.4) is 0 Å². The summed E-state index contributed by atoms with van der Waals surface area (Å²) >= 11 is 0. The quantitative estimate of drug-likeness (QED) is 0.685. The minimum Gasteiger partial charge on any atom is -0.381 e. The van der Waals surface area contributed by atoms with Crippen molar-refractivity contribution >= 4 is 17.7 Å². The van der Waals surface area contributed by atoms with Crippen LogP contribution in [0.1, 0.15) is 47.2 Å². The highest BCUT2D eigenvalue weighted by Crippen LogP contribution is 2.44. The normalized spacial score (nSPS) is 28.3. The van der Waals surface area contributed by atoms with E-state index in [0.29, 0.717) is 31.0 Å². The molecule has 1 aromatic carbocycles. The monoisotopic (exact) mass is 426 g/mol. The Kier molecular flexibility index (Phi) is 5.32. The summed E-state index contributed by atoms with van der Waals surface area (Å²) in [5, 5.41) is 2.35. The molecule has 1 spiro atoms. The molecule has 0 aliphatic carbocycles. The van der Waals surface area contributed by atoms with Crippen molar-refractivity contribution in [2.24, 2.45) is 17.1 Å². The van der Waals surface area contributed by atoms with E-state index in [1.165, 1.54) is 5.56 Å². The second-order valence-electron chi connectivity index (χ2n) is 9.47. The molecular weight excluding hydrogens is 396 g/mol. The molecule has 166 valence electrons. The standard InChI is InChI=1S/C23H30N4O4/c24-10-17-13-26(14-23(17)5-7-31-8-6-23)11-15-1-2-18-16(9-15)12-27(22(18)30)19-3-4-20(28)25-21(19)29/h1-2,9,17,19H,3-8,10-14,24H2,(H,25,28,29). The largest absolute Gasteiger partial charge is 0.381 e. The van der Waals surface area contributed by atoms with Crippen LogP contribution in [0.15, 0.2) is 18.2 Å². The van der Waals surface area contributed by atoms with E-state index in [9.17, 15) is 14.4 Å². The first-order valence-corrected chi connectivity index (χ1v) is 11.3. The highest BCUT2D eigenvalue weighted by Gasteiger charge is 2.46. The number of hydrogen-bond donors (Lipinski definition) is 2. The summed E-state index contributed by atoms with van der Waals surface area (Å²) in [5.74, 6) is -0.266. The SMILES string of the molecule is NCC1CN(Cc2ccc3c(c2)CN(C2CCC(=O)NC2=O)C3=O)CC12CCOCC2. The molecular formula is C23H30N4O4. The predicted molar refractivity (Wildman–Crippen MR) is 113 cm³/mol. The van der Waals surface area contributed by atoms with Crippen LogP contribution in [0.5, 0.6) is 0 Å². The van der Waals surface area contributed by atoms with E-state index in [0.717, 1.165) is 51.3 Å². The topological polar surface area (TPSA) is 105 Å². The molecule has 1 aromatic rings. The summed E-state index contributed by atoms with van der Waals surface area (Å²) in [7, 11) is 0. The molecule has 4 aliphatic heterocycles. The Morgan fingerprint density at radius 3 is 2.74 bits per heavy atom. The van der Waals surface area contributed by atoms with Gasteiger partial charge in [-0.15, -0.1) is 0 Å². The first-order chi connectivity index (χ1) is 15.0. The molecule has 3 fully saturated rings. The predicted octanol–water partition coefficient (Wildman–Crippen LogP) is 0.635. The van der Waals surface area contributed by atoms with E-state index in [2.05, 4.69) is 16.3 Å². The summed E-state index contributed by atoms with van der Waals surface area (Å²) in [6, 6.07) is 5.45. The Labute approximate surface area is 182 Å². The van der Waals surface area contributed by atoms with E-state index >= 15 is 0 Å². The number of fused-ring (bicyclic) bond motifs is 1. The molecule has 5 rings (SSSR count). The number of nitrogens with one attached hydrogen (secondary N) is 1. The third-order valence-corrected chi connectivity index (χ3v) is 7.65. The van der Waals surface area contributed by atoms with Crippen LogP contribution in [0.2, 0.25) is 0 Å². The number of carbonyl (C=O) groups is 3. The van der Waals surface area contributed by atoms with Gasteiger partial charge in [-0.25, -0.2) is 0 Å². The van der Waals surface area contributed by atoms with Gasteiger partial charge in [0.2, 0.25) is 11.8 Å². The van der Waals surface area contributed by atoms with Gasteiger partial charge < -0.3 is 15.4 Å². The van der Waals surface area contributed by atoms with Gasteiger partial charge in [0.1, 0.15) is 6.04 Å². The van der Waals surface area contributed by atoms with Gasteiger partial charge in [0.25, 0.3) is 5.91 Å². The number of piperidine rings is 1. The van der Waals surface area contributed by atoms with Crippen molar-refractivity contribution in [2.75, 3.05) is 32.8 Å². The Balaban J connectivity index is 1.29. The minimum atomic E-state index is -0.571. The van der Waals surface area contributed by atoms with Crippen LogP contribution in [-0.4, -0.2) is 66.4 Å². The lowest BCUT2D eigenvalue weighted by atomic mass is 9.72. The van der Waals surface area contributed by atoms with Crippen LogP contribution < -0.4 is 11.1 Å². The maximum atomic E-state index is 12.9. The average Bonchev–Trinajstić information content (AvgIpc) is 3.25. The second kappa shape index (κ2) is 8.00. The van der Waals surface area contributed by atoms with Crippen LogP contribution >= 0.6 is 0 Å². The number of benzene rings is 1. The molecule has 2 atom stereocenters. The molecule has 31 heavy (non-hydrogen) atoms. The van der Waals surface area contributed by atoms with Gasteiger partial charge in [-0.2, -0.15) is 0 Å². The highest BCUT2D eigenvalue weighted by molar-refractivity contribution is 6.05. The fourth-order valence-electron chi connectivity index (χ4n) is 5.92. The number of nitrogens with zero attached hydrogens (tertiary/aromatic N) is 2. The Hall–Kier alpha value is -2.29. The number of ether oxygens (including phenoxy) is 1. The number of amides is 3. The van der Waals surface area contributed by atoms with Crippen LogP contribution in [0, 0.1) is 11.3 Å². The van der Waals surface area contributed by atoms with Crippen molar-refractivity contribution < 1.29 is 19.1 Å². The number of rotatable bonds is 4. The Morgan fingerprint density at radius 1 is 1.19 bits per heavy atom. The van der Waals surface area contributed by atoms with Crippen molar-refractivity contribution in [3.8, 4) is 0 Å². The molecule has 0 saturated carbocycles. The highest BCUT2D eigenvalue weighted by atomic mass is 16.5. The molecule has 0 aromatic heterocycles. The summed E-state index contributed by atoms with van der Waals surface area (Å²) in [5.41, 5.74) is 9.19. The number of nitrogens with two attached hydrogens (primary N) is 1. The first-order valence-electron chi connectivity index (χ1n) is 11.3. The van der Waals surface area contributed by atoms with Crippen LogP contribution in [-0.2, 0) is 27.4 Å². The lowest BCUT2D eigenvalue weighted by Crippen LogP contribution is -2.52. The Morgan fingerprint density at radius 2 is 2.00 bits per heavy atom.